The zero-order chi connectivity index (χ0) is 19.0. The van der Waals surface area contributed by atoms with Gasteiger partial charge in [0.1, 0.15) is 0 Å². The summed E-state index contributed by atoms with van der Waals surface area (Å²) in [4.78, 5) is 6.95. The van der Waals surface area contributed by atoms with Gasteiger partial charge in [0.25, 0.3) is 0 Å². The molecule has 0 bridgehead atoms. The molecule has 0 unspecified atom stereocenters. The minimum absolute atomic E-state index is 0.379. The summed E-state index contributed by atoms with van der Waals surface area (Å²) in [6.45, 7) is 6.02. The van der Waals surface area contributed by atoms with Gasteiger partial charge >= 0.3 is 0 Å². The third kappa shape index (κ3) is 5.69. The Kier molecular flexibility index (Phi) is 7.53. The molecule has 1 heterocycles. The molecule has 0 saturated heterocycles. The van der Waals surface area contributed by atoms with Crippen LogP contribution in [-0.2, 0) is 17.7 Å². The summed E-state index contributed by atoms with van der Waals surface area (Å²) in [6.07, 6.45) is 7.58. The van der Waals surface area contributed by atoms with Crippen molar-refractivity contribution in [3.05, 3.63) is 35.4 Å². The second-order valence-corrected chi connectivity index (χ2v) is 8.10. The van der Waals surface area contributed by atoms with Gasteiger partial charge in [-0.15, -0.1) is 0 Å². The van der Waals surface area contributed by atoms with Gasteiger partial charge in [-0.25, -0.2) is 0 Å². The molecule has 3 rings (SSSR count). The highest BCUT2D eigenvalue weighted by Gasteiger charge is 2.33. The van der Waals surface area contributed by atoms with Crippen LogP contribution < -0.4 is 10.6 Å². The number of methoxy groups -OCH3 is 1. The van der Waals surface area contributed by atoms with Crippen molar-refractivity contribution < 1.29 is 4.74 Å². The van der Waals surface area contributed by atoms with Crippen molar-refractivity contribution in [2.45, 2.75) is 45.1 Å². The first-order chi connectivity index (χ1) is 13.2. The Bertz CT molecular complexity index is 610. The number of hydrogen-bond donors (Lipinski definition) is 2. The second-order valence-electron chi connectivity index (χ2n) is 8.10. The summed E-state index contributed by atoms with van der Waals surface area (Å²) in [6, 6.07) is 8.82. The van der Waals surface area contributed by atoms with Crippen molar-refractivity contribution in [3.8, 4) is 0 Å². The molecule has 0 radical (unpaired) electrons. The second kappa shape index (κ2) is 10.1. The van der Waals surface area contributed by atoms with E-state index in [4.69, 9.17) is 4.74 Å². The lowest BCUT2D eigenvalue weighted by atomic mass is 9.83. The number of nitrogens with zero attached hydrogens (tertiary/aromatic N) is 2. The first kappa shape index (κ1) is 20.2. The number of ether oxygens (including phenoxy) is 1. The molecule has 0 aromatic heterocycles. The van der Waals surface area contributed by atoms with Crippen LogP contribution in [-0.4, -0.2) is 57.8 Å². The molecule has 2 aliphatic rings. The quantitative estimate of drug-likeness (QED) is 0.544. The van der Waals surface area contributed by atoms with E-state index in [1.807, 2.05) is 7.05 Å². The Labute approximate surface area is 164 Å². The average Bonchev–Trinajstić information content (AvgIpc) is 3.18. The van der Waals surface area contributed by atoms with E-state index in [9.17, 15) is 0 Å². The summed E-state index contributed by atoms with van der Waals surface area (Å²) in [7, 11) is 3.67. The van der Waals surface area contributed by atoms with Crippen LogP contribution >= 0.6 is 0 Å². The highest BCUT2D eigenvalue weighted by Crippen LogP contribution is 2.40. The molecule has 5 nitrogen and oxygen atoms in total. The Morgan fingerprint density at radius 3 is 2.70 bits per heavy atom. The van der Waals surface area contributed by atoms with E-state index in [-0.39, 0.29) is 0 Å². The van der Waals surface area contributed by atoms with E-state index in [1.54, 1.807) is 7.11 Å². The molecule has 1 aromatic rings. The molecule has 2 N–H and O–H groups in total. The van der Waals surface area contributed by atoms with Crippen molar-refractivity contribution >= 4 is 5.96 Å². The average molecular weight is 373 g/mol. The number of nitrogens with one attached hydrogen (secondary N) is 2. The predicted molar refractivity (Wildman–Crippen MR) is 112 cm³/mol. The van der Waals surface area contributed by atoms with E-state index >= 15 is 0 Å². The fourth-order valence-corrected chi connectivity index (χ4v) is 4.53. The van der Waals surface area contributed by atoms with Gasteiger partial charge in [-0.05, 0) is 42.2 Å². The lowest BCUT2D eigenvalue weighted by Crippen LogP contribution is -2.46. The van der Waals surface area contributed by atoms with Crippen LogP contribution in [0.25, 0.3) is 0 Å². The van der Waals surface area contributed by atoms with Crippen molar-refractivity contribution in [1.82, 2.24) is 15.5 Å². The molecule has 0 amide bonds. The lowest BCUT2D eigenvalue weighted by molar-refractivity contribution is 0.138. The maximum Gasteiger partial charge on any atom is 0.191 e. The molecule has 1 saturated carbocycles. The summed E-state index contributed by atoms with van der Waals surface area (Å²) < 4.78 is 5.34. The van der Waals surface area contributed by atoms with E-state index in [0.29, 0.717) is 5.41 Å². The monoisotopic (exact) mass is 372 g/mol. The van der Waals surface area contributed by atoms with Gasteiger partial charge in [-0.1, -0.05) is 37.1 Å². The number of aliphatic imine (C=N–C) groups is 1. The van der Waals surface area contributed by atoms with Gasteiger partial charge < -0.3 is 15.4 Å². The van der Waals surface area contributed by atoms with Crippen LogP contribution in [0.5, 0.6) is 0 Å². The maximum atomic E-state index is 5.34. The van der Waals surface area contributed by atoms with Crippen molar-refractivity contribution in [2.24, 2.45) is 10.4 Å². The number of fused-ring (bicyclic) bond motifs is 1. The largest absolute Gasteiger partial charge is 0.385 e. The molecule has 5 heteroatoms. The molecule has 1 aromatic carbocycles. The molecule has 1 aliphatic heterocycles. The molecule has 27 heavy (non-hydrogen) atoms. The fourth-order valence-electron chi connectivity index (χ4n) is 4.53. The van der Waals surface area contributed by atoms with Crippen LogP contribution in [0.1, 0.15) is 43.2 Å². The summed E-state index contributed by atoms with van der Waals surface area (Å²) in [5, 5.41) is 7.08. The number of guanidine groups is 1. The first-order valence-electron chi connectivity index (χ1n) is 10.5. The van der Waals surface area contributed by atoms with Crippen molar-refractivity contribution in [3.63, 3.8) is 0 Å². The molecular weight excluding hydrogens is 336 g/mol. The number of hydrogen-bond acceptors (Lipinski definition) is 3. The van der Waals surface area contributed by atoms with Gasteiger partial charge in [0.05, 0.1) is 0 Å². The fraction of sp³-hybridized carbons (Fsp3) is 0.682. The number of benzene rings is 1. The van der Waals surface area contributed by atoms with Crippen molar-refractivity contribution in [2.75, 3.05) is 46.9 Å². The minimum atomic E-state index is 0.379. The van der Waals surface area contributed by atoms with Crippen LogP contribution in [0.3, 0.4) is 0 Å². The van der Waals surface area contributed by atoms with Gasteiger partial charge in [0.2, 0.25) is 0 Å². The SMILES string of the molecule is CN=C(NCCN1CCc2ccccc2C1)NCC1(CCOC)CCCC1. The lowest BCUT2D eigenvalue weighted by Gasteiger charge is -2.31. The van der Waals surface area contributed by atoms with Crippen molar-refractivity contribution in [1.29, 1.82) is 0 Å². The Balaban J connectivity index is 1.40. The smallest absolute Gasteiger partial charge is 0.191 e. The van der Waals surface area contributed by atoms with Gasteiger partial charge in [-0.2, -0.15) is 0 Å². The van der Waals surface area contributed by atoms with E-state index in [1.165, 1.54) is 36.8 Å². The molecular formula is C22H36N4O. The van der Waals surface area contributed by atoms with Crippen LogP contribution in [0.4, 0.5) is 0 Å². The topological polar surface area (TPSA) is 48.9 Å². The maximum absolute atomic E-state index is 5.34. The summed E-state index contributed by atoms with van der Waals surface area (Å²) in [5.41, 5.74) is 3.37. The third-order valence-corrected chi connectivity index (χ3v) is 6.29. The van der Waals surface area contributed by atoms with E-state index < -0.39 is 0 Å². The molecule has 0 atom stereocenters. The van der Waals surface area contributed by atoms with Gasteiger partial charge in [0.15, 0.2) is 5.96 Å². The third-order valence-electron chi connectivity index (χ3n) is 6.29. The Morgan fingerprint density at radius 1 is 1.19 bits per heavy atom. The zero-order valence-electron chi connectivity index (χ0n) is 17.1. The predicted octanol–water partition coefficient (Wildman–Crippen LogP) is 2.81. The highest BCUT2D eigenvalue weighted by molar-refractivity contribution is 5.79. The summed E-state index contributed by atoms with van der Waals surface area (Å²) in [5.74, 6) is 0.927. The Morgan fingerprint density at radius 2 is 1.96 bits per heavy atom. The minimum Gasteiger partial charge on any atom is -0.385 e. The normalized spacial score (nSPS) is 19.7. The van der Waals surface area contributed by atoms with Crippen LogP contribution in [0.2, 0.25) is 0 Å². The highest BCUT2D eigenvalue weighted by atomic mass is 16.5. The molecule has 150 valence electrons. The molecule has 1 aliphatic carbocycles. The zero-order valence-corrected chi connectivity index (χ0v) is 17.1. The van der Waals surface area contributed by atoms with Gasteiger partial charge in [-0.3, -0.25) is 9.89 Å². The number of rotatable bonds is 8. The van der Waals surface area contributed by atoms with Gasteiger partial charge in [0, 0.05) is 53.5 Å². The first-order valence-corrected chi connectivity index (χ1v) is 10.5. The van der Waals surface area contributed by atoms with Crippen LogP contribution in [0.15, 0.2) is 29.3 Å². The Hall–Kier alpha value is -1.59. The molecule has 0 spiro atoms. The van der Waals surface area contributed by atoms with E-state index in [0.717, 1.165) is 58.1 Å². The standard InChI is InChI=1S/C22H36N4O/c1-23-21(25-18-22(12-16-27-2)10-5-6-11-22)24-13-15-26-14-9-19-7-3-4-8-20(19)17-26/h3-4,7-8H,5-6,9-18H2,1-2H3,(H2,23,24,25). The van der Waals surface area contributed by atoms with E-state index in [2.05, 4.69) is 44.8 Å². The summed E-state index contributed by atoms with van der Waals surface area (Å²) >= 11 is 0. The molecule has 1 fully saturated rings. The van der Waals surface area contributed by atoms with Crippen LogP contribution in [0, 0.1) is 5.41 Å².